The van der Waals surface area contributed by atoms with Crippen LogP contribution in [0.4, 0.5) is 0 Å². The third-order valence-corrected chi connectivity index (χ3v) is 4.09. The lowest BCUT2D eigenvalue weighted by Gasteiger charge is -2.12. The number of benzene rings is 1. The molecule has 0 radical (unpaired) electrons. The van der Waals surface area contributed by atoms with Gasteiger partial charge in [0, 0.05) is 18.0 Å². The normalized spacial score (nSPS) is 11.8. The van der Waals surface area contributed by atoms with Crippen LogP contribution in [0.2, 0.25) is 0 Å². The molecule has 0 atom stereocenters. The Morgan fingerprint density at radius 1 is 1.22 bits per heavy atom. The summed E-state index contributed by atoms with van der Waals surface area (Å²) in [5.74, 6) is 0.507. The van der Waals surface area contributed by atoms with Crippen LogP contribution in [0.1, 0.15) is 25.3 Å². The minimum atomic E-state index is -0.132. The molecule has 7 heteroatoms. The molecule has 1 aromatic carbocycles. The average Bonchev–Trinajstić information content (AvgIpc) is 3.13. The highest BCUT2D eigenvalue weighted by Crippen LogP contribution is 2.27. The van der Waals surface area contributed by atoms with E-state index in [1.807, 2.05) is 50.0 Å². The lowest BCUT2D eigenvalue weighted by Crippen LogP contribution is -2.22. The summed E-state index contributed by atoms with van der Waals surface area (Å²) < 4.78 is 3.13. The summed E-state index contributed by atoms with van der Waals surface area (Å²) >= 11 is 0. The van der Waals surface area contributed by atoms with E-state index in [9.17, 15) is 4.79 Å². The van der Waals surface area contributed by atoms with Crippen LogP contribution in [-0.4, -0.2) is 29.4 Å². The van der Waals surface area contributed by atoms with E-state index in [1.54, 1.807) is 0 Å². The maximum atomic E-state index is 12.7. The highest BCUT2D eigenvalue weighted by Gasteiger charge is 2.18. The molecular formula is C16H16N6O. The molecule has 0 spiro atoms. The van der Waals surface area contributed by atoms with Gasteiger partial charge in [0.05, 0.1) is 17.4 Å². The summed E-state index contributed by atoms with van der Waals surface area (Å²) in [6, 6.07) is 6.04. The quantitative estimate of drug-likeness (QED) is 0.615. The molecule has 0 aliphatic carbocycles. The highest BCUT2D eigenvalue weighted by atomic mass is 16.1. The monoisotopic (exact) mass is 308 g/mol. The number of nitrogens with one attached hydrogen (secondary N) is 1. The van der Waals surface area contributed by atoms with Gasteiger partial charge in [-0.25, -0.2) is 0 Å². The third-order valence-electron chi connectivity index (χ3n) is 4.09. The summed E-state index contributed by atoms with van der Waals surface area (Å²) in [6.07, 6.45) is 3.20. The maximum absolute atomic E-state index is 12.7. The van der Waals surface area contributed by atoms with Crippen LogP contribution in [0.15, 0.2) is 35.5 Å². The minimum Gasteiger partial charge on any atom is -0.323 e. The molecule has 0 fully saturated rings. The van der Waals surface area contributed by atoms with E-state index < -0.39 is 0 Å². The van der Waals surface area contributed by atoms with Crippen LogP contribution in [-0.2, 0) is 7.05 Å². The van der Waals surface area contributed by atoms with Crippen molar-refractivity contribution >= 4 is 16.7 Å². The molecule has 0 bridgehead atoms. The first kappa shape index (κ1) is 13.7. The molecule has 1 N–H and O–H groups in total. The van der Waals surface area contributed by atoms with Gasteiger partial charge in [0.1, 0.15) is 6.33 Å². The second kappa shape index (κ2) is 4.77. The first-order valence-electron chi connectivity index (χ1n) is 7.44. The predicted molar refractivity (Wildman–Crippen MR) is 87.4 cm³/mol. The topological polar surface area (TPSA) is 80.9 Å². The molecule has 0 saturated carbocycles. The van der Waals surface area contributed by atoms with E-state index in [0.29, 0.717) is 11.3 Å². The summed E-state index contributed by atoms with van der Waals surface area (Å²) in [6.45, 7) is 4.00. The van der Waals surface area contributed by atoms with Gasteiger partial charge in [-0.05, 0) is 23.6 Å². The van der Waals surface area contributed by atoms with Crippen LogP contribution in [0.3, 0.4) is 0 Å². The molecule has 3 heterocycles. The van der Waals surface area contributed by atoms with Gasteiger partial charge in [-0.1, -0.05) is 19.9 Å². The van der Waals surface area contributed by atoms with Crippen molar-refractivity contribution in [2.45, 2.75) is 19.8 Å². The van der Waals surface area contributed by atoms with Crippen LogP contribution in [0, 0.1) is 0 Å². The highest BCUT2D eigenvalue weighted by molar-refractivity contribution is 5.84. The van der Waals surface area contributed by atoms with Gasteiger partial charge in [-0.15, -0.1) is 0 Å². The van der Waals surface area contributed by atoms with Gasteiger partial charge < -0.3 is 4.98 Å². The molecule has 0 unspecified atom stereocenters. The molecule has 116 valence electrons. The average molecular weight is 308 g/mol. The van der Waals surface area contributed by atoms with Crippen molar-refractivity contribution in [3.63, 3.8) is 0 Å². The number of hydrogen-bond donors (Lipinski definition) is 1. The van der Waals surface area contributed by atoms with Crippen molar-refractivity contribution in [1.29, 1.82) is 0 Å². The summed E-state index contributed by atoms with van der Waals surface area (Å²) in [7, 11) is 1.91. The smallest absolute Gasteiger partial charge is 0.279 e. The Morgan fingerprint density at radius 2 is 2.04 bits per heavy atom. The number of H-pyrrole nitrogens is 1. The number of fused-ring (bicyclic) bond motifs is 2. The van der Waals surface area contributed by atoms with Crippen molar-refractivity contribution in [2.24, 2.45) is 7.05 Å². The van der Waals surface area contributed by atoms with E-state index in [2.05, 4.69) is 20.2 Å². The molecule has 7 nitrogen and oxygen atoms in total. The van der Waals surface area contributed by atoms with Gasteiger partial charge in [0.15, 0.2) is 0 Å². The molecule has 4 aromatic rings. The van der Waals surface area contributed by atoms with Crippen molar-refractivity contribution in [3.05, 3.63) is 46.6 Å². The Balaban J connectivity index is 2.05. The molecule has 0 aliphatic heterocycles. The molecule has 23 heavy (non-hydrogen) atoms. The van der Waals surface area contributed by atoms with Gasteiger partial charge in [-0.3, -0.25) is 9.48 Å². The van der Waals surface area contributed by atoms with E-state index >= 15 is 0 Å². The van der Waals surface area contributed by atoms with Gasteiger partial charge >= 0.3 is 0 Å². The van der Waals surface area contributed by atoms with Crippen molar-refractivity contribution in [1.82, 2.24) is 29.4 Å². The second-order valence-corrected chi connectivity index (χ2v) is 5.91. The van der Waals surface area contributed by atoms with Crippen molar-refractivity contribution in [3.8, 4) is 11.3 Å². The van der Waals surface area contributed by atoms with E-state index in [0.717, 1.165) is 22.2 Å². The molecular weight excluding hydrogens is 292 g/mol. The number of aromatic amines is 1. The van der Waals surface area contributed by atoms with Crippen LogP contribution >= 0.6 is 0 Å². The Kier molecular flexibility index (Phi) is 2.84. The molecule has 0 amide bonds. The standard InChI is InChI=1S/C16H16N6O/c1-9(2)13-14(20-16-17-8-19-22(16)15(13)23)10-4-5-12-11(6-10)7-18-21(12)3/h4-9H,1-3H3,(H,17,19,20). The van der Waals surface area contributed by atoms with Crippen LogP contribution in [0.5, 0.6) is 0 Å². The van der Waals surface area contributed by atoms with Gasteiger partial charge in [0.2, 0.25) is 5.78 Å². The van der Waals surface area contributed by atoms with Gasteiger partial charge in [0.25, 0.3) is 5.56 Å². The summed E-state index contributed by atoms with van der Waals surface area (Å²) in [5, 5.41) is 9.29. The van der Waals surface area contributed by atoms with Gasteiger partial charge in [-0.2, -0.15) is 19.7 Å². The van der Waals surface area contributed by atoms with Crippen molar-refractivity contribution < 1.29 is 0 Å². The Morgan fingerprint density at radius 3 is 2.83 bits per heavy atom. The largest absolute Gasteiger partial charge is 0.323 e. The number of aryl methyl sites for hydroxylation is 1. The molecule has 3 aromatic heterocycles. The molecule has 0 saturated heterocycles. The van der Waals surface area contributed by atoms with Crippen LogP contribution in [0.25, 0.3) is 27.9 Å². The first-order valence-corrected chi connectivity index (χ1v) is 7.44. The zero-order valence-electron chi connectivity index (χ0n) is 13.1. The van der Waals surface area contributed by atoms with E-state index in [1.165, 1.54) is 10.8 Å². The predicted octanol–water partition coefficient (Wildman–Crippen LogP) is 2.09. The number of rotatable bonds is 2. The van der Waals surface area contributed by atoms with Crippen LogP contribution < -0.4 is 5.56 Å². The number of hydrogen-bond acceptors (Lipinski definition) is 4. The fourth-order valence-electron chi connectivity index (χ4n) is 2.96. The SMILES string of the molecule is CC(C)c1c(-c2ccc3c(cnn3C)c2)[nH]c2ncnn2c1=O. The molecule has 4 rings (SSSR count). The fourth-order valence-corrected chi connectivity index (χ4v) is 2.96. The van der Waals surface area contributed by atoms with E-state index in [4.69, 9.17) is 0 Å². The number of nitrogens with zero attached hydrogens (tertiary/aromatic N) is 5. The second-order valence-electron chi connectivity index (χ2n) is 5.91. The zero-order valence-corrected chi connectivity index (χ0v) is 13.1. The minimum absolute atomic E-state index is 0.0620. The van der Waals surface area contributed by atoms with Crippen molar-refractivity contribution in [2.75, 3.05) is 0 Å². The summed E-state index contributed by atoms with van der Waals surface area (Å²) in [5.41, 5.74) is 3.34. The summed E-state index contributed by atoms with van der Waals surface area (Å²) in [4.78, 5) is 20.1. The van der Waals surface area contributed by atoms with E-state index in [-0.39, 0.29) is 11.5 Å². The fraction of sp³-hybridized carbons (Fsp3) is 0.250. The Labute approximate surface area is 131 Å². The zero-order chi connectivity index (χ0) is 16.1. The Bertz CT molecular complexity index is 1090. The third kappa shape index (κ3) is 1.97. The maximum Gasteiger partial charge on any atom is 0.279 e. The lowest BCUT2D eigenvalue weighted by molar-refractivity contribution is 0.796. The Hall–Kier alpha value is -2.96. The lowest BCUT2D eigenvalue weighted by atomic mass is 9.98. The first-order chi connectivity index (χ1) is 11.1. The number of aromatic nitrogens is 6. The molecule has 0 aliphatic rings.